The minimum absolute atomic E-state index is 0.210. The molecule has 0 heterocycles. The molecule has 0 radical (unpaired) electrons. The maximum absolute atomic E-state index is 11.2. The molecule has 0 fully saturated rings. The number of methoxy groups -OCH3 is 2. The van der Waals surface area contributed by atoms with Crippen molar-refractivity contribution in [3.05, 3.63) is 35.4 Å². The Labute approximate surface area is 122 Å². The Bertz CT molecular complexity index is 534. The minimum atomic E-state index is -3.66. The van der Waals surface area contributed by atoms with E-state index < -0.39 is 22.3 Å². The van der Waals surface area contributed by atoms with E-state index >= 15 is 0 Å². The first-order valence-corrected chi connectivity index (χ1v) is 6.78. The van der Waals surface area contributed by atoms with Gasteiger partial charge in [-0.15, -0.1) is 0 Å². The fraction of sp³-hybridized carbons (Fsp3) is 0.333. The van der Waals surface area contributed by atoms with Crippen molar-refractivity contribution in [3.8, 4) is 0 Å². The van der Waals surface area contributed by atoms with Crippen LogP contribution in [0.1, 0.15) is 20.7 Å². The first-order chi connectivity index (χ1) is 9.82. The number of hydrogen-bond donors (Lipinski definition) is 0. The largest absolute Gasteiger partial charge is 0.465 e. The molecule has 0 N–H and O–H groups in total. The SMILES string of the molecule is COC(=O)c1ccccc1C(=O)OC.COS(=O)(=O)OC. The molecular formula is C12H16O8S. The first-order valence-electron chi connectivity index (χ1n) is 5.44. The standard InChI is InChI=1S/C10H10O4.C2H6O4S/c1-13-9(11)7-5-3-4-6-8(7)10(12)14-2;1-5-7(3,4)6-2/h3-6H,1-2H3;1-2H3. The summed E-state index contributed by atoms with van der Waals surface area (Å²) in [5, 5.41) is 0. The first kappa shape index (κ1) is 19.0. The average molecular weight is 320 g/mol. The zero-order valence-electron chi connectivity index (χ0n) is 12.0. The van der Waals surface area contributed by atoms with Crippen molar-refractivity contribution < 1.29 is 35.8 Å². The molecule has 0 aliphatic heterocycles. The van der Waals surface area contributed by atoms with Crippen LogP contribution in [-0.2, 0) is 28.2 Å². The Morgan fingerprint density at radius 3 is 1.33 bits per heavy atom. The van der Waals surface area contributed by atoms with E-state index in [0.29, 0.717) is 0 Å². The molecule has 0 saturated heterocycles. The summed E-state index contributed by atoms with van der Waals surface area (Å²) in [7, 11) is 0.916. The predicted octanol–water partition coefficient (Wildman–Crippen LogP) is 0.784. The summed E-state index contributed by atoms with van der Waals surface area (Å²) in [6.07, 6.45) is 0. The van der Waals surface area contributed by atoms with Gasteiger partial charge in [-0.25, -0.2) is 9.59 Å². The highest BCUT2D eigenvalue weighted by atomic mass is 32.3. The Kier molecular flexibility index (Phi) is 8.21. The molecule has 0 aliphatic rings. The van der Waals surface area contributed by atoms with Crippen LogP contribution in [0, 0.1) is 0 Å². The third-order valence-electron chi connectivity index (χ3n) is 2.15. The van der Waals surface area contributed by atoms with E-state index in [-0.39, 0.29) is 11.1 Å². The molecule has 1 aromatic carbocycles. The molecule has 21 heavy (non-hydrogen) atoms. The van der Waals surface area contributed by atoms with E-state index in [1.54, 1.807) is 12.1 Å². The molecule has 0 atom stereocenters. The van der Waals surface area contributed by atoms with Crippen LogP contribution >= 0.6 is 0 Å². The van der Waals surface area contributed by atoms with Gasteiger partial charge in [0.15, 0.2) is 0 Å². The van der Waals surface area contributed by atoms with Crippen molar-refractivity contribution in [3.63, 3.8) is 0 Å². The van der Waals surface area contributed by atoms with Gasteiger partial charge >= 0.3 is 22.3 Å². The van der Waals surface area contributed by atoms with E-state index in [9.17, 15) is 18.0 Å². The molecule has 1 rings (SSSR count). The summed E-state index contributed by atoms with van der Waals surface area (Å²) >= 11 is 0. The summed E-state index contributed by atoms with van der Waals surface area (Å²) in [5.41, 5.74) is 0.420. The van der Waals surface area contributed by atoms with Crippen molar-refractivity contribution >= 4 is 22.3 Å². The maximum atomic E-state index is 11.2. The van der Waals surface area contributed by atoms with E-state index in [1.807, 2.05) is 0 Å². The van der Waals surface area contributed by atoms with E-state index in [0.717, 1.165) is 14.2 Å². The molecule has 0 aliphatic carbocycles. The van der Waals surface area contributed by atoms with Gasteiger partial charge in [0.2, 0.25) is 0 Å². The van der Waals surface area contributed by atoms with Gasteiger partial charge in [-0.05, 0) is 12.1 Å². The van der Waals surface area contributed by atoms with Crippen LogP contribution in [0.4, 0.5) is 0 Å². The van der Waals surface area contributed by atoms with Crippen molar-refractivity contribution in [2.24, 2.45) is 0 Å². The second-order valence-electron chi connectivity index (χ2n) is 3.27. The van der Waals surface area contributed by atoms with Crippen LogP contribution in [0.5, 0.6) is 0 Å². The van der Waals surface area contributed by atoms with Crippen LogP contribution in [0.3, 0.4) is 0 Å². The summed E-state index contributed by atoms with van der Waals surface area (Å²) in [6, 6.07) is 6.33. The molecule has 0 unspecified atom stereocenters. The monoisotopic (exact) mass is 320 g/mol. The normalized spacial score (nSPS) is 10.1. The molecule has 0 spiro atoms. The van der Waals surface area contributed by atoms with Crippen molar-refractivity contribution in [1.29, 1.82) is 0 Å². The zero-order chi connectivity index (χ0) is 16.5. The van der Waals surface area contributed by atoms with Gasteiger partial charge < -0.3 is 9.47 Å². The number of ether oxygens (including phenoxy) is 2. The van der Waals surface area contributed by atoms with Gasteiger partial charge in [-0.1, -0.05) is 12.1 Å². The Morgan fingerprint density at radius 2 is 1.14 bits per heavy atom. The van der Waals surface area contributed by atoms with Crippen molar-refractivity contribution in [1.82, 2.24) is 0 Å². The van der Waals surface area contributed by atoms with Crippen LogP contribution in [0.25, 0.3) is 0 Å². The highest BCUT2D eigenvalue weighted by Crippen LogP contribution is 2.10. The number of carbonyl (C=O) groups excluding carboxylic acids is 2. The lowest BCUT2D eigenvalue weighted by atomic mass is 10.1. The molecule has 9 heteroatoms. The third-order valence-corrected chi connectivity index (χ3v) is 2.96. The lowest BCUT2D eigenvalue weighted by molar-refractivity contribution is 0.0555. The number of esters is 2. The molecule has 0 amide bonds. The summed E-state index contributed by atoms with van der Waals surface area (Å²) < 4.78 is 36.6. The second kappa shape index (κ2) is 9.06. The molecule has 0 saturated carbocycles. The van der Waals surface area contributed by atoms with Crippen molar-refractivity contribution in [2.45, 2.75) is 0 Å². The van der Waals surface area contributed by atoms with Gasteiger partial charge in [0.05, 0.1) is 39.6 Å². The summed E-state index contributed by atoms with van der Waals surface area (Å²) in [6.45, 7) is 0. The Hall–Kier alpha value is -1.97. The zero-order valence-corrected chi connectivity index (χ0v) is 12.8. The molecule has 0 aromatic heterocycles. The molecule has 1 aromatic rings. The number of rotatable bonds is 4. The minimum Gasteiger partial charge on any atom is -0.465 e. The lowest BCUT2D eigenvalue weighted by Gasteiger charge is -2.04. The Morgan fingerprint density at radius 1 is 0.810 bits per heavy atom. The van der Waals surface area contributed by atoms with Gasteiger partial charge in [0, 0.05) is 0 Å². The maximum Gasteiger partial charge on any atom is 0.399 e. The lowest BCUT2D eigenvalue weighted by Crippen LogP contribution is -2.11. The van der Waals surface area contributed by atoms with E-state index in [1.165, 1.54) is 26.4 Å². The van der Waals surface area contributed by atoms with Gasteiger partial charge in [0.1, 0.15) is 0 Å². The highest BCUT2D eigenvalue weighted by Gasteiger charge is 2.16. The van der Waals surface area contributed by atoms with Gasteiger partial charge in [-0.2, -0.15) is 8.42 Å². The van der Waals surface area contributed by atoms with Crippen molar-refractivity contribution in [2.75, 3.05) is 28.4 Å². The smallest absolute Gasteiger partial charge is 0.399 e. The predicted molar refractivity (Wildman–Crippen MR) is 72.1 cm³/mol. The fourth-order valence-electron chi connectivity index (χ4n) is 1.13. The van der Waals surface area contributed by atoms with Crippen LogP contribution in [0.15, 0.2) is 24.3 Å². The number of benzene rings is 1. The van der Waals surface area contributed by atoms with Crippen LogP contribution < -0.4 is 0 Å². The molecular weight excluding hydrogens is 304 g/mol. The molecule has 0 bridgehead atoms. The van der Waals surface area contributed by atoms with Crippen LogP contribution in [0.2, 0.25) is 0 Å². The summed E-state index contributed by atoms with van der Waals surface area (Å²) in [5.74, 6) is -1.10. The topological polar surface area (TPSA) is 105 Å². The number of hydrogen-bond acceptors (Lipinski definition) is 8. The molecule has 118 valence electrons. The van der Waals surface area contributed by atoms with Gasteiger partial charge in [-0.3, -0.25) is 8.37 Å². The quantitative estimate of drug-likeness (QED) is 0.750. The van der Waals surface area contributed by atoms with E-state index in [2.05, 4.69) is 17.8 Å². The average Bonchev–Trinajstić information content (AvgIpc) is 2.53. The van der Waals surface area contributed by atoms with Crippen LogP contribution in [-0.4, -0.2) is 48.8 Å². The van der Waals surface area contributed by atoms with Gasteiger partial charge in [0.25, 0.3) is 0 Å². The highest BCUT2D eigenvalue weighted by molar-refractivity contribution is 7.81. The van der Waals surface area contributed by atoms with E-state index in [4.69, 9.17) is 0 Å². The summed E-state index contributed by atoms with van der Waals surface area (Å²) in [4.78, 5) is 22.4. The fourth-order valence-corrected chi connectivity index (χ4v) is 1.26. The Balaban J connectivity index is 0.000000486. The molecule has 8 nitrogen and oxygen atoms in total. The number of carbonyl (C=O) groups is 2. The third kappa shape index (κ3) is 6.34. The second-order valence-corrected chi connectivity index (χ2v) is 4.75.